The van der Waals surface area contributed by atoms with Gasteiger partial charge in [-0.2, -0.15) is 0 Å². The summed E-state index contributed by atoms with van der Waals surface area (Å²) in [6.45, 7) is 7.54. The van der Waals surface area contributed by atoms with Crippen LogP contribution < -0.4 is 5.32 Å². The summed E-state index contributed by atoms with van der Waals surface area (Å²) in [5.74, 6) is -0.980. The van der Waals surface area contributed by atoms with Gasteiger partial charge in [-0.1, -0.05) is 27.7 Å². The SMILES string of the molecule is CC(C)SCC(=O)N[C@@H](C(=O)O)C(C)C. The Kier molecular flexibility index (Phi) is 6.40. The van der Waals surface area contributed by atoms with Gasteiger partial charge in [0.15, 0.2) is 0 Å². The van der Waals surface area contributed by atoms with Gasteiger partial charge in [0.25, 0.3) is 0 Å². The van der Waals surface area contributed by atoms with Crippen molar-refractivity contribution in [2.24, 2.45) is 5.92 Å². The second-order valence-corrected chi connectivity index (χ2v) is 5.55. The summed E-state index contributed by atoms with van der Waals surface area (Å²) in [7, 11) is 0. The lowest BCUT2D eigenvalue weighted by Crippen LogP contribution is -2.45. The third kappa shape index (κ3) is 6.38. The average Bonchev–Trinajstić information content (AvgIpc) is 2.09. The first-order valence-electron chi connectivity index (χ1n) is 4.98. The summed E-state index contributed by atoms with van der Waals surface area (Å²) in [5, 5.41) is 11.7. The van der Waals surface area contributed by atoms with Crippen molar-refractivity contribution in [1.82, 2.24) is 5.32 Å². The Hall–Kier alpha value is -0.710. The minimum absolute atomic E-state index is 0.101. The molecule has 0 fully saturated rings. The molecule has 15 heavy (non-hydrogen) atoms. The molecule has 5 heteroatoms. The van der Waals surface area contributed by atoms with Crippen LogP contribution in [0.25, 0.3) is 0 Å². The number of carboxylic acids is 1. The fraction of sp³-hybridized carbons (Fsp3) is 0.800. The van der Waals surface area contributed by atoms with Crippen LogP contribution in [0.2, 0.25) is 0 Å². The maximum atomic E-state index is 11.4. The molecule has 0 saturated carbocycles. The van der Waals surface area contributed by atoms with Crippen molar-refractivity contribution in [2.75, 3.05) is 5.75 Å². The Morgan fingerprint density at radius 2 is 1.80 bits per heavy atom. The van der Waals surface area contributed by atoms with Gasteiger partial charge in [0.1, 0.15) is 6.04 Å². The molecule has 0 aliphatic heterocycles. The topological polar surface area (TPSA) is 66.4 Å². The van der Waals surface area contributed by atoms with Crippen LogP contribution in [0.15, 0.2) is 0 Å². The number of amides is 1. The van der Waals surface area contributed by atoms with Gasteiger partial charge in [-0.25, -0.2) is 4.79 Å². The Bertz CT molecular complexity index is 229. The molecule has 88 valence electrons. The van der Waals surface area contributed by atoms with Gasteiger partial charge in [-0.15, -0.1) is 11.8 Å². The monoisotopic (exact) mass is 233 g/mol. The number of rotatable bonds is 6. The minimum atomic E-state index is -0.979. The van der Waals surface area contributed by atoms with Crippen LogP contribution in [0, 0.1) is 5.92 Å². The van der Waals surface area contributed by atoms with Crippen molar-refractivity contribution < 1.29 is 14.7 Å². The molecular formula is C10H19NO3S. The van der Waals surface area contributed by atoms with Gasteiger partial charge in [0.05, 0.1) is 5.75 Å². The zero-order chi connectivity index (χ0) is 12.0. The van der Waals surface area contributed by atoms with E-state index in [0.717, 1.165) is 0 Å². The summed E-state index contributed by atoms with van der Waals surface area (Å²) >= 11 is 1.50. The van der Waals surface area contributed by atoms with Crippen molar-refractivity contribution in [3.05, 3.63) is 0 Å². The zero-order valence-corrected chi connectivity index (χ0v) is 10.4. The largest absolute Gasteiger partial charge is 0.480 e. The van der Waals surface area contributed by atoms with E-state index in [1.807, 2.05) is 13.8 Å². The van der Waals surface area contributed by atoms with Crippen LogP contribution in [0.5, 0.6) is 0 Å². The number of carbonyl (C=O) groups is 2. The van der Waals surface area contributed by atoms with Crippen molar-refractivity contribution in [1.29, 1.82) is 0 Å². The summed E-state index contributed by atoms with van der Waals surface area (Å²) < 4.78 is 0. The first-order chi connectivity index (χ1) is 6.84. The van der Waals surface area contributed by atoms with E-state index in [2.05, 4.69) is 5.32 Å². The second kappa shape index (κ2) is 6.71. The van der Waals surface area contributed by atoms with Gasteiger partial charge in [0.2, 0.25) is 5.91 Å². The number of hydrogen-bond donors (Lipinski definition) is 2. The quantitative estimate of drug-likeness (QED) is 0.727. The first kappa shape index (κ1) is 14.3. The highest BCUT2D eigenvalue weighted by atomic mass is 32.2. The van der Waals surface area contributed by atoms with Gasteiger partial charge in [0, 0.05) is 0 Å². The predicted octanol–water partition coefficient (Wildman–Crippen LogP) is 1.35. The van der Waals surface area contributed by atoms with Crippen LogP contribution >= 0.6 is 11.8 Å². The summed E-state index contributed by atoms with van der Waals surface area (Å²) in [6.07, 6.45) is 0. The lowest BCUT2D eigenvalue weighted by molar-refractivity contribution is -0.142. The lowest BCUT2D eigenvalue weighted by Gasteiger charge is -2.17. The molecule has 1 amide bonds. The summed E-state index contributed by atoms with van der Waals surface area (Å²) in [4.78, 5) is 22.2. The van der Waals surface area contributed by atoms with E-state index in [4.69, 9.17) is 5.11 Å². The van der Waals surface area contributed by atoms with Crippen LogP contribution in [-0.2, 0) is 9.59 Å². The standard InChI is InChI=1S/C10H19NO3S/c1-6(2)9(10(13)14)11-8(12)5-15-7(3)4/h6-7,9H,5H2,1-4H3,(H,11,12)(H,13,14)/t9-/m1/s1. The molecular weight excluding hydrogens is 214 g/mol. The van der Waals surface area contributed by atoms with Gasteiger partial charge < -0.3 is 10.4 Å². The molecule has 0 aliphatic carbocycles. The number of nitrogens with one attached hydrogen (secondary N) is 1. The molecule has 0 aromatic heterocycles. The van der Waals surface area contributed by atoms with Crippen LogP contribution in [-0.4, -0.2) is 34.0 Å². The first-order valence-corrected chi connectivity index (χ1v) is 6.03. The summed E-state index contributed by atoms with van der Waals surface area (Å²) in [5.41, 5.74) is 0. The smallest absolute Gasteiger partial charge is 0.326 e. The second-order valence-electron chi connectivity index (χ2n) is 3.99. The molecule has 0 unspecified atom stereocenters. The van der Waals surface area contributed by atoms with E-state index in [0.29, 0.717) is 11.0 Å². The van der Waals surface area contributed by atoms with Crippen LogP contribution in [0.3, 0.4) is 0 Å². The molecule has 0 aromatic carbocycles. The molecule has 0 radical (unpaired) electrons. The van der Waals surface area contributed by atoms with E-state index in [9.17, 15) is 9.59 Å². The Balaban J connectivity index is 4.07. The fourth-order valence-electron chi connectivity index (χ4n) is 0.971. The van der Waals surface area contributed by atoms with Crippen LogP contribution in [0.1, 0.15) is 27.7 Å². The van der Waals surface area contributed by atoms with Gasteiger partial charge in [-0.3, -0.25) is 4.79 Å². The van der Waals surface area contributed by atoms with E-state index in [1.54, 1.807) is 13.8 Å². The highest BCUT2D eigenvalue weighted by Gasteiger charge is 2.23. The zero-order valence-electron chi connectivity index (χ0n) is 9.61. The predicted molar refractivity (Wildman–Crippen MR) is 62.0 cm³/mol. The number of thioether (sulfide) groups is 1. The molecule has 0 saturated heterocycles. The normalized spacial score (nSPS) is 12.9. The fourth-order valence-corrected chi connectivity index (χ4v) is 1.54. The van der Waals surface area contributed by atoms with Gasteiger partial charge in [-0.05, 0) is 11.2 Å². The molecule has 4 nitrogen and oxygen atoms in total. The molecule has 0 aliphatic rings. The maximum Gasteiger partial charge on any atom is 0.326 e. The van der Waals surface area contributed by atoms with E-state index < -0.39 is 12.0 Å². The number of aliphatic carboxylic acids is 1. The third-order valence-electron chi connectivity index (χ3n) is 1.80. The number of hydrogen-bond acceptors (Lipinski definition) is 3. The van der Waals surface area contributed by atoms with Crippen molar-refractivity contribution in [3.8, 4) is 0 Å². The van der Waals surface area contributed by atoms with Crippen molar-refractivity contribution in [3.63, 3.8) is 0 Å². The number of carboxylic acid groups (broad SMARTS) is 1. The van der Waals surface area contributed by atoms with Crippen molar-refractivity contribution >= 4 is 23.6 Å². The summed E-state index contributed by atoms with van der Waals surface area (Å²) in [6, 6.07) is -0.787. The average molecular weight is 233 g/mol. The highest BCUT2D eigenvalue weighted by molar-refractivity contribution is 8.00. The van der Waals surface area contributed by atoms with Gasteiger partial charge >= 0.3 is 5.97 Å². The minimum Gasteiger partial charge on any atom is -0.480 e. The molecule has 0 rings (SSSR count). The van der Waals surface area contributed by atoms with E-state index >= 15 is 0 Å². The Labute approximate surface area is 94.8 Å². The molecule has 1 atom stereocenters. The Morgan fingerprint density at radius 3 is 2.13 bits per heavy atom. The van der Waals surface area contributed by atoms with Crippen molar-refractivity contribution in [2.45, 2.75) is 39.0 Å². The maximum absolute atomic E-state index is 11.4. The molecule has 0 heterocycles. The highest BCUT2D eigenvalue weighted by Crippen LogP contribution is 2.09. The number of carbonyl (C=O) groups excluding carboxylic acids is 1. The van der Waals surface area contributed by atoms with Crippen LogP contribution in [0.4, 0.5) is 0 Å². The molecule has 0 spiro atoms. The van der Waals surface area contributed by atoms with E-state index in [-0.39, 0.29) is 11.8 Å². The molecule has 0 aromatic rings. The Morgan fingerprint density at radius 1 is 1.27 bits per heavy atom. The lowest BCUT2D eigenvalue weighted by atomic mass is 10.1. The molecule has 2 N–H and O–H groups in total. The van der Waals surface area contributed by atoms with E-state index in [1.165, 1.54) is 11.8 Å². The molecule has 0 bridgehead atoms. The third-order valence-corrected chi connectivity index (χ3v) is 2.89.